The Kier molecular flexibility index (Phi) is 5.36. The van der Waals surface area contributed by atoms with E-state index < -0.39 is 5.97 Å². The smallest absolute Gasteiger partial charge is 0.303 e. The number of nitrogens with two attached hydrogens (primary N) is 1. The van der Waals surface area contributed by atoms with Crippen LogP contribution in [-0.2, 0) is 4.79 Å². The van der Waals surface area contributed by atoms with Crippen molar-refractivity contribution in [1.82, 2.24) is 0 Å². The predicted molar refractivity (Wildman–Crippen MR) is 111 cm³/mol. The fourth-order valence-electron chi connectivity index (χ4n) is 8.78. The molecule has 4 aliphatic carbocycles. The summed E-state index contributed by atoms with van der Waals surface area (Å²) in [5.74, 6) is 2.66. The van der Waals surface area contributed by atoms with Crippen LogP contribution in [0.25, 0.3) is 0 Å². The van der Waals surface area contributed by atoms with Gasteiger partial charge in [-0.15, -0.1) is 0 Å². The van der Waals surface area contributed by atoms with E-state index in [9.17, 15) is 9.90 Å². The Labute approximate surface area is 170 Å². The van der Waals surface area contributed by atoms with E-state index in [1.807, 2.05) is 0 Å². The van der Waals surface area contributed by atoms with Crippen molar-refractivity contribution in [3.05, 3.63) is 0 Å². The van der Waals surface area contributed by atoms with Crippen molar-refractivity contribution in [3.63, 3.8) is 0 Å². The predicted octanol–water partition coefficient (Wildman–Crippen LogP) is 4.44. The van der Waals surface area contributed by atoms with Crippen LogP contribution in [-0.4, -0.2) is 28.3 Å². The molecule has 4 aliphatic rings. The van der Waals surface area contributed by atoms with Gasteiger partial charge in [-0.1, -0.05) is 20.8 Å². The lowest BCUT2D eigenvalue weighted by atomic mass is 9.43. The number of aliphatic carboxylic acids is 1. The summed E-state index contributed by atoms with van der Waals surface area (Å²) in [7, 11) is 0. The fourth-order valence-corrected chi connectivity index (χ4v) is 8.78. The van der Waals surface area contributed by atoms with Gasteiger partial charge >= 0.3 is 5.97 Å². The minimum absolute atomic E-state index is 0.175. The van der Waals surface area contributed by atoms with E-state index in [1.54, 1.807) is 0 Å². The molecule has 0 radical (unpaired) electrons. The molecule has 4 fully saturated rings. The van der Waals surface area contributed by atoms with Crippen molar-refractivity contribution in [2.45, 2.75) is 97.1 Å². The Bertz CT molecular complexity index is 609. The summed E-state index contributed by atoms with van der Waals surface area (Å²) in [6.07, 6.45) is 10.2. The van der Waals surface area contributed by atoms with Crippen LogP contribution >= 0.6 is 0 Å². The van der Waals surface area contributed by atoms with Gasteiger partial charge in [0.15, 0.2) is 0 Å². The molecule has 0 heterocycles. The van der Waals surface area contributed by atoms with Crippen molar-refractivity contribution in [2.75, 3.05) is 0 Å². The number of hydrogen-bond acceptors (Lipinski definition) is 3. The van der Waals surface area contributed by atoms with E-state index in [1.165, 1.54) is 32.1 Å². The van der Waals surface area contributed by atoms with Gasteiger partial charge in [0.05, 0.1) is 6.10 Å². The highest BCUT2D eigenvalue weighted by molar-refractivity contribution is 5.66. The summed E-state index contributed by atoms with van der Waals surface area (Å²) in [4.78, 5) is 11.1. The topological polar surface area (TPSA) is 83.5 Å². The van der Waals surface area contributed by atoms with Crippen LogP contribution in [0.1, 0.15) is 85.0 Å². The summed E-state index contributed by atoms with van der Waals surface area (Å²) < 4.78 is 0. The molecule has 0 unspecified atom stereocenters. The second-order valence-electron chi connectivity index (χ2n) is 11.5. The van der Waals surface area contributed by atoms with E-state index in [4.69, 9.17) is 10.8 Å². The van der Waals surface area contributed by atoms with Crippen molar-refractivity contribution in [1.29, 1.82) is 0 Å². The molecule has 0 saturated heterocycles. The summed E-state index contributed by atoms with van der Waals surface area (Å²) in [6.45, 7) is 7.25. The normalized spacial score (nSPS) is 51.7. The summed E-state index contributed by atoms with van der Waals surface area (Å²) in [5, 5.41) is 20.4. The van der Waals surface area contributed by atoms with Crippen LogP contribution in [0.5, 0.6) is 0 Å². The van der Waals surface area contributed by atoms with Crippen LogP contribution in [0, 0.1) is 46.3 Å². The number of fused-ring (bicyclic) bond motifs is 5. The lowest BCUT2D eigenvalue weighted by Crippen LogP contribution is -2.59. The first-order valence-electron chi connectivity index (χ1n) is 11.8. The SMILES string of the molecule is C[C@H](CCC(=O)O)[C@H]1CC[C@H]2[C@@H]3[C@H](O)C[C@@H]4C[C@@H](N)CC[C@]4(C)[C@H]3CC[C@]12C. The molecule has 0 spiro atoms. The monoisotopic (exact) mass is 391 g/mol. The lowest BCUT2D eigenvalue weighted by Gasteiger charge is -2.62. The Morgan fingerprint density at radius 2 is 1.75 bits per heavy atom. The minimum atomic E-state index is -0.674. The third-order valence-corrected chi connectivity index (χ3v) is 10.3. The standard InChI is InChI=1S/C24H41NO3/c1-14(4-7-21(27)28)17-5-6-18-22-19(9-11-24(17,18)3)23(2)10-8-16(25)12-15(23)13-20(22)26/h14-20,22,26H,4-13,25H2,1-3H3,(H,27,28)/t14-,15+,16+,17-,18+,19+,20-,22+,23+,24-/m1/s1. The molecule has 4 heteroatoms. The summed E-state index contributed by atoms with van der Waals surface area (Å²) in [5.41, 5.74) is 6.93. The average molecular weight is 392 g/mol. The highest BCUT2D eigenvalue weighted by Gasteiger charge is 2.62. The van der Waals surface area contributed by atoms with E-state index >= 15 is 0 Å². The Hall–Kier alpha value is -0.610. The zero-order chi connectivity index (χ0) is 20.3. The molecule has 0 aromatic carbocycles. The zero-order valence-electron chi connectivity index (χ0n) is 18.1. The van der Waals surface area contributed by atoms with Crippen molar-refractivity contribution in [2.24, 2.45) is 52.1 Å². The molecular weight excluding hydrogens is 350 g/mol. The van der Waals surface area contributed by atoms with Gasteiger partial charge in [0.2, 0.25) is 0 Å². The van der Waals surface area contributed by atoms with Crippen LogP contribution in [0.3, 0.4) is 0 Å². The van der Waals surface area contributed by atoms with Gasteiger partial charge in [0.1, 0.15) is 0 Å². The van der Waals surface area contributed by atoms with Crippen LogP contribution in [0.4, 0.5) is 0 Å². The summed E-state index contributed by atoms with van der Waals surface area (Å²) >= 11 is 0. The third-order valence-electron chi connectivity index (χ3n) is 10.3. The first kappa shape index (κ1) is 20.7. The molecular formula is C24H41NO3. The Morgan fingerprint density at radius 1 is 1.07 bits per heavy atom. The van der Waals surface area contributed by atoms with E-state index in [-0.39, 0.29) is 17.9 Å². The van der Waals surface area contributed by atoms with Gasteiger partial charge in [0, 0.05) is 12.5 Å². The second kappa shape index (κ2) is 7.27. The molecule has 4 nitrogen and oxygen atoms in total. The highest BCUT2D eigenvalue weighted by Crippen LogP contribution is 2.68. The number of carboxylic acid groups (broad SMARTS) is 1. The molecule has 160 valence electrons. The van der Waals surface area contributed by atoms with Crippen molar-refractivity contribution >= 4 is 5.97 Å². The maximum atomic E-state index is 11.3. The lowest BCUT2D eigenvalue weighted by molar-refractivity contribution is -0.166. The van der Waals surface area contributed by atoms with Gasteiger partial charge in [-0.3, -0.25) is 4.79 Å². The molecule has 0 aliphatic heterocycles. The fraction of sp³-hybridized carbons (Fsp3) is 0.958. The van der Waals surface area contributed by atoms with Gasteiger partial charge in [-0.2, -0.15) is 0 Å². The van der Waals surface area contributed by atoms with E-state index in [0.29, 0.717) is 47.0 Å². The van der Waals surface area contributed by atoms with Crippen molar-refractivity contribution in [3.8, 4) is 0 Å². The molecule has 4 rings (SSSR count). The molecule has 4 saturated carbocycles. The van der Waals surface area contributed by atoms with Crippen LogP contribution < -0.4 is 5.73 Å². The maximum Gasteiger partial charge on any atom is 0.303 e. The minimum Gasteiger partial charge on any atom is -0.481 e. The third kappa shape index (κ3) is 3.14. The van der Waals surface area contributed by atoms with Crippen LogP contribution in [0.15, 0.2) is 0 Å². The quantitative estimate of drug-likeness (QED) is 0.661. The second-order valence-corrected chi connectivity index (χ2v) is 11.5. The largest absolute Gasteiger partial charge is 0.481 e. The molecule has 4 N–H and O–H groups in total. The first-order chi connectivity index (χ1) is 13.2. The molecule has 0 aromatic heterocycles. The maximum absolute atomic E-state index is 11.3. The van der Waals surface area contributed by atoms with E-state index in [0.717, 1.165) is 25.7 Å². The highest BCUT2D eigenvalue weighted by atomic mass is 16.4. The molecule has 28 heavy (non-hydrogen) atoms. The zero-order valence-corrected chi connectivity index (χ0v) is 18.1. The molecule has 10 atom stereocenters. The number of carbonyl (C=O) groups is 1. The average Bonchev–Trinajstić information content (AvgIpc) is 2.98. The Morgan fingerprint density at radius 3 is 2.46 bits per heavy atom. The van der Waals surface area contributed by atoms with Gasteiger partial charge < -0.3 is 15.9 Å². The van der Waals surface area contributed by atoms with Crippen LogP contribution in [0.2, 0.25) is 0 Å². The van der Waals surface area contributed by atoms with Crippen molar-refractivity contribution < 1.29 is 15.0 Å². The molecule has 0 aromatic rings. The van der Waals surface area contributed by atoms with E-state index in [2.05, 4.69) is 20.8 Å². The molecule has 0 bridgehead atoms. The number of rotatable bonds is 4. The van der Waals surface area contributed by atoms with Gasteiger partial charge in [0.25, 0.3) is 0 Å². The number of hydrogen-bond donors (Lipinski definition) is 3. The Balaban J connectivity index is 1.55. The molecule has 0 amide bonds. The number of aliphatic hydroxyl groups is 1. The van der Waals surface area contributed by atoms with Gasteiger partial charge in [-0.05, 0) is 104 Å². The summed E-state index contributed by atoms with van der Waals surface area (Å²) in [6, 6.07) is 0.321. The first-order valence-corrected chi connectivity index (χ1v) is 11.8. The van der Waals surface area contributed by atoms with Gasteiger partial charge in [-0.25, -0.2) is 0 Å². The number of carboxylic acids is 1. The number of aliphatic hydroxyl groups excluding tert-OH is 1.